The third kappa shape index (κ3) is 5.58. The Bertz CT molecular complexity index is 1490. The second-order valence-corrected chi connectivity index (χ2v) is 13.1. The number of oxime groups is 1. The molecule has 2 amide bonds. The van der Waals surface area contributed by atoms with Gasteiger partial charge in [0.15, 0.2) is 23.6 Å². The van der Waals surface area contributed by atoms with E-state index < -0.39 is 40.8 Å². The van der Waals surface area contributed by atoms with Gasteiger partial charge in [0.1, 0.15) is 17.1 Å². The summed E-state index contributed by atoms with van der Waals surface area (Å²) in [5, 5.41) is 30.9. The molecule has 1 unspecified atom stereocenters. The quantitative estimate of drug-likeness (QED) is 0.100. The van der Waals surface area contributed by atoms with Crippen molar-refractivity contribution in [3.63, 3.8) is 0 Å². The lowest BCUT2D eigenvalue weighted by atomic mass is 9.80. The molecule has 2 fully saturated rings. The van der Waals surface area contributed by atoms with Gasteiger partial charge in [-0.1, -0.05) is 22.6 Å². The molecule has 41 heavy (non-hydrogen) atoms. The minimum absolute atomic E-state index is 0.0562. The molecule has 2 aromatic rings. The van der Waals surface area contributed by atoms with Crippen molar-refractivity contribution in [1.29, 1.82) is 0 Å². The number of nitrogens with zero attached hydrogens (tertiary/aromatic N) is 4. The number of nitrogen functional groups attached to an aromatic ring is 1. The Labute approximate surface area is 250 Å². The van der Waals surface area contributed by atoms with Crippen LogP contribution in [-0.2, 0) is 30.6 Å². The van der Waals surface area contributed by atoms with Crippen molar-refractivity contribution in [2.24, 2.45) is 5.16 Å². The molecule has 0 radical (unpaired) electrons. The van der Waals surface area contributed by atoms with Gasteiger partial charge in [-0.25, -0.2) is 9.78 Å². The number of fused-ring (bicyclic) bond motifs is 1. The van der Waals surface area contributed by atoms with Crippen molar-refractivity contribution in [3.8, 4) is 0 Å². The van der Waals surface area contributed by atoms with Gasteiger partial charge in [0.2, 0.25) is 5.60 Å². The van der Waals surface area contributed by atoms with Crippen molar-refractivity contribution >= 4 is 80.8 Å². The summed E-state index contributed by atoms with van der Waals surface area (Å²) in [5.74, 6) is -3.88. The molecule has 2 atom stereocenters. The summed E-state index contributed by atoms with van der Waals surface area (Å²) in [4.78, 5) is 60.7. The number of β-lactam (4-membered cyclic amide) rings is 1. The fourth-order valence-electron chi connectivity index (χ4n) is 4.45. The molecule has 13 nitrogen and oxygen atoms in total. The third-order valence-corrected chi connectivity index (χ3v) is 10.8. The number of anilines is 1. The summed E-state index contributed by atoms with van der Waals surface area (Å²) in [6.45, 7) is 0.526. The molecule has 1 saturated carbocycles. The first-order valence-corrected chi connectivity index (χ1v) is 16.3. The van der Waals surface area contributed by atoms with Gasteiger partial charge in [-0.15, -0.1) is 23.1 Å². The molecule has 5 rings (SSSR count). The third-order valence-electron chi connectivity index (χ3n) is 6.76. The number of carbonyl (C=O) groups is 4. The van der Waals surface area contributed by atoms with Crippen LogP contribution in [0.3, 0.4) is 0 Å². The number of carbonyl (C=O) groups excluding carboxylic acids is 3. The highest BCUT2D eigenvalue weighted by Gasteiger charge is 2.53. The average molecular weight is 637 g/mol. The Balaban J connectivity index is 1.32. The number of thiazole rings is 2. The monoisotopic (exact) mass is 636 g/mol. The zero-order valence-corrected chi connectivity index (χ0v) is 24.7. The molecule has 2 aromatic heterocycles. The van der Waals surface area contributed by atoms with E-state index in [2.05, 4.69) is 15.5 Å². The maximum atomic E-state index is 13.3. The number of aliphatic carboxylic acids is 2. The lowest BCUT2D eigenvalue weighted by Crippen LogP contribution is -2.71. The number of amides is 2. The molecule has 17 heteroatoms. The van der Waals surface area contributed by atoms with Gasteiger partial charge in [0.05, 0.1) is 17.0 Å². The molecule has 4 N–H and O–H groups in total. The Morgan fingerprint density at radius 3 is 2.80 bits per heavy atom. The van der Waals surface area contributed by atoms with E-state index in [-0.39, 0.29) is 40.8 Å². The number of rotatable bonds is 11. The number of nitrogens with one attached hydrogen (secondary N) is 1. The number of aromatic nitrogens is 2. The number of hydrogen-bond acceptors (Lipinski definition) is 13. The summed E-state index contributed by atoms with van der Waals surface area (Å²) in [6.07, 6.45) is 8.50. The first kappa shape index (κ1) is 29.1. The predicted octanol–water partition coefficient (Wildman–Crippen LogP) is 0.185. The normalized spacial score (nSPS) is 21.7. The number of nitrogens with two attached hydrogens (primary N) is 1. The van der Waals surface area contributed by atoms with E-state index in [1.807, 2.05) is 28.5 Å². The zero-order chi connectivity index (χ0) is 29.3. The van der Waals surface area contributed by atoms with Crippen LogP contribution < -0.4 is 20.7 Å². The van der Waals surface area contributed by atoms with E-state index in [0.29, 0.717) is 18.5 Å². The molecular weight excluding hydrogens is 613 g/mol. The SMILES string of the molecule is CSc1scc[n+]1C/C=C/C1=C(C(=O)[O-])N2C(=O)C(NC(=O)/C(=N\OC3(C(=O)O)CCC3)c3csc(N)n3)[C@H]2SC1. The van der Waals surface area contributed by atoms with E-state index in [0.717, 1.165) is 20.6 Å². The van der Waals surface area contributed by atoms with Gasteiger partial charge < -0.3 is 30.9 Å². The first-order valence-electron chi connectivity index (χ1n) is 12.2. The minimum Gasteiger partial charge on any atom is -0.543 e. The van der Waals surface area contributed by atoms with Crippen molar-refractivity contribution in [2.45, 2.75) is 47.2 Å². The number of carboxylic acids is 2. The van der Waals surface area contributed by atoms with Crippen molar-refractivity contribution in [3.05, 3.63) is 46.1 Å². The van der Waals surface area contributed by atoms with Crippen LogP contribution in [0.15, 0.2) is 49.9 Å². The Hall–Kier alpha value is -3.41. The van der Waals surface area contributed by atoms with E-state index in [1.165, 1.54) is 17.1 Å². The van der Waals surface area contributed by atoms with Crippen molar-refractivity contribution in [1.82, 2.24) is 15.2 Å². The molecular formula is C24H24N6O7S4. The molecule has 0 bridgehead atoms. The smallest absolute Gasteiger partial charge is 0.350 e. The Kier molecular flexibility index (Phi) is 8.40. The van der Waals surface area contributed by atoms with E-state index in [1.54, 1.807) is 29.2 Å². The number of thioether (sulfide) groups is 2. The molecule has 1 aliphatic carbocycles. The zero-order valence-electron chi connectivity index (χ0n) is 21.5. The highest BCUT2D eigenvalue weighted by molar-refractivity contribution is 8.00. The van der Waals surface area contributed by atoms with Crippen LogP contribution in [-0.4, -0.2) is 73.5 Å². The maximum Gasteiger partial charge on any atom is 0.350 e. The van der Waals surface area contributed by atoms with Gasteiger partial charge >= 0.3 is 5.97 Å². The standard InChI is InChI=1S/C24H24N6O7S4/c1-38-23-29(8-9-39-23)7-2-4-12-10-40-19-15(18(32)30(19)16(12)20(33)34)27-17(31)14(13-11-41-22(25)26-13)28-37-24(21(35)36)5-3-6-24/h2,4,8-9,11,15,19H,3,5-7,10H2,1H3,(H4-,25,26,27,31,33,34,35,36)/b4-2+,28-14-/t15?,19-/m1/s1. The molecule has 1 saturated heterocycles. The highest BCUT2D eigenvalue weighted by Crippen LogP contribution is 2.40. The fraction of sp³-hybridized carbons (Fsp3) is 0.375. The molecule has 4 heterocycles. The van der Waals surface area contributed by atoms with Gasteiger partial charge in [-0.3, -0.25) is 14.5 Å². The molecule has 0 aromatic carbocycles. The van der Waals surface area contributed by atoms with Crippen LogP contribution in [0.1, 0.15) is 25.0 Å². The summed E-state index contributed by atoms with van der Waals surface area (Å²) in [6, 6.07) is -1.06. The van der Waals surface area contributed by atoms with Crippen molar-refractivity contribution < 1.29 is 38.8 Å². The largest absolute Gasteiger partial charge is 0.543 e. The second kappa shape index (κ2) is 11.8. The summed E-state index contributed by atoms with van der Waals surface area (Å²) in [7, 11) is 0. The van der Waals surface area contributed by atoms with Gasteiger partial charge in [0, 0.05) is 24.0 Å². The lowest BCUT2D eigenvalue weighted by Gasteiger charge is -2.50. The van der Waals surface area contributed by atoms with Crippen LogP contribution >= 0.6 is 46.2 Å². The van der Waals surface area contributed by atoms with E-state index in [4.69, 9.17) is 10.6 Å². The Morgan fingerprint density at radius 1 is 1.41 bits per heavy atom. The predicted molar refractivity (Wildman–Crippen MR) is 151 cm³/mol. The van der Waals surface area contributed by atoms with Crippen LogP contribution in [0, 0.1) is 0 Å². The highest BCUT2D eigenvalue weighted by atomic mass is 32.2. The van der Waals surface area contributed by atoms with Gasteiger partial charge in [-0.2, -0.15) is 4.57 Å². The van der Waals surface area contributed by atoms with Crippen LogP contribution in [0.2, 0.25) is 0 Å². The van der Waals surface area contributed by atoms with Crippen LogP contribution in [0.4, 0.5) is 5.13 Å². The van der Waals surface area contributed by atoms with Crippen LogP contribution in [0.5, 0.6) is 0 Å². The van der Waals surface area contributed by atoms with Crippen LogP contribution in [0.25, 0.3) is 0 Å². The minimum atomic E-state index is -1.54. The summed E-state index contributed by atoms with van der Waals surface area (Å²) in [5.41, 5.74) is 4.09. The first-order chi connectivity index (χ1) is 19.6. The van der Waals surface area contributed by atoms with E-state index in [9.17, 15) is 29.4 Å². The number of carboxylic acid groups (broad SMARTS) is 2. The Morgan fingerprint density at radius 2 is 2.20 bits per heavy atom. The van der Waals surface area contributed by atoms with E-state index >= 15 is 0 Å². The average Bonchev–Trinajstić information content (AvgIpc) is 3.56. The van der Waals surface area contributed by atoms with Gasteiger partial charge in [-0.05, 0) is 36.1 Å². The number of hydrogen-bond donors (Lipinski definition) is 3. The lowest BCUT2D eigenvalue weighted by molar-refractivity contribution is -0.716. The second-order valence-electron chi connectivity index (χ2n) is 9.21. The molecule has 3 aliphatic rings. The maximum absolute atomic E-state index is 13.3. The van der Waals surface area contributed by atoms with Crippen molar-refractivity contribution in [2.75, 3.05) is 17.7 Å². The molecule has 2 aliphatic heterocycles. The van der Waals surface area contributed by atoms with Gasteiger partial charge in [0.25, 0.3) is 16.2 Å². The molecule has 216 valence electrons. The fourth-order valence-corrected chi connectivity index (χ4v) is 7.83. The molecule has 0 spiro atoms. The number of allylic oxidation sites excluding steroid dienone is 2. The topological polar surface area (TPSA) is 191 Å². The summed E-state index contributed by atoms with van der Waals surface area (Å²) < 4.78 is 3.12. The summed E-state index contributed by atoms with van der Waals surface area (Å²) >= 11 is 5.55.